The van der Waals surface area contributed by atoms with Crippen molar-refractivity contribution in [2.24, 2.45) is 5.73 Å². The number of hydrogen-bond donors (Lipinski definition) is 1. The third kappa shape index (κ3) is 3.30. The van der Waals surface area contributed by atoms with Crippen LogP contribution in [-0.2, 0) is 0 Å². The molecular formula is C15H15F3N2. The van der Waals surface area contributed by atoms with Gasteiger partial charge in [0.1, 0.15) is 17.5 Å². The van der Waals surface area contributed by atoms with Crippen molar-refractivity contribution in [2.75, 3.05) is 18.5 Å². The number of likely N-dealkylation sites (N-methyl/N-ethyl adjacent to an activating group) is 1. The number of halogens is 3. The molecule has 0 aromatic heterocycles. The highest BCUT2D eigenvalue weighted by Crippen LogP contribution is 2.20. The minimum Gasteiger partial charge on any atom is -0.373 e. The lowest BCUT2D eigenvalue weighted by Crippen LogP contribution is -2.29. The van der Waals surface area contributed by atoms with Crippen LogP contribution in [0.5, 0.6) is 0 Å². The van der Waals surface area contributed by atoms with Crippen LogP contribution in [0.3, 0.4) is 0 Å². The largest absolute Gasteiger partial charge is 0.373 e. The van der Waals surface area contributed by atoms with E-state index in [2.05, 4.69) is 0 Å². The van der Waals surface area contributed by atoms with E-state index >= 15 is 0 Å². The zero-order chi connectivity index (χ0) is 14.7. The van der Waals surface area contributed by atoms with Crippen molar-refractivity contribution < 1.29 is 13.2 Å². The normalized spacial score (nSPS) is 12.2. The lowest BCUT2D eigenvalue weighted by molar-refractivity contribution is 0.554. The van der Waals surface area contributed by atoms with E-state index in [9.17, 15) is 13.2 Å². The molecule has 0 fully saturated rings. The number of nitrogens with two attached hydrogens (primary N) is 1. The van der Waals surface area contributed by atoms with Gasteiger partial charge in [0.15, 0.2) is 0 Å². The molecule has 0 saturated carbocycles. The van der Waals surface area contributed by atoms with Crippen molar-refractivity contribution in [3.8, 4) is 0 Å². The molecule has 20 heavy (non-hydrogen) atoms. The molecule has 0 bridgehead atoms. The molecule has 1 unspecified atom stereocenters. The predicted molar refractivity (Wildman–Crippen MR) is 73.0 cm³/mol. The first-order chi connectivity index (χ1) is 9.47. The highest BCUT2D eigenvalue weighted by molar-refractivity contribution is 5.45. The fourth-order valence-corrected chi connectivity index (χ4v) is 2.00. The summed E-state index contributed by atoms with van der Waals surface area (Å²) in [7, 11) is 1.77. The SMILES string of the molecule is CN(CC(N)c1ccc(F)cc1F)c1ccc(F)cc1. The van der Waals surface area contributed by atoms with E-state index in [1.807, 2.05) is 0 Å². The molecule has 2 rings (SSSR count). The van der Waals surface area contributed by atoms with Crippen LogP contribution in [-0.4, -0.2) is 13.6 Å². The van der Waals surface area contributed by atoms with Crippen molar-refractivity contribution in [1.82, 2.24) is 0 Å². The second-order valence-corrected chi connectivity index (χ2v) is 4.63. The highest BCUT2D eigenvalue weighted by atomic mass is 19.1. The minimum atomic E-state index is -0.662. The van der Waals surface area contributed by atoms with Gasteiger partial charge in [-0.2, -0.15) is 0 Å². The molecule has 2 nitrogen and oxygen atoms in total. The number of hydrogen-bond acceptors (Lipinski definition) is 2. The number of nitrogens with zero attached hydrogens (tertiary/aromatic N) is 1. The minimum absolute atomic E-state index is 0.250. The molecule has 0 amide bonds. The summed E-state index contributed by atoms with van der Waals surface area (Å²) in [5.74, 6) is -1.62. The van der Waals surface area contributed by atoms with Gasteiger partial charge in [-0.15, -0.1) is 0 Å². The smallest absolute Gasteiger partial charge is 0.130 e. The fourth-order valence-electron chi connectivity index (χ4n) is 2.00. The van der Waals surface area contributed by atoms with Crippen LogP contribution in [0.4, 0.5) is 18.9 Å². The lowest BCUT2D eigenvalue weighted by Gasteiger charge is -2.24. The molecule has 106 valence electrons. The van der Waals surface area contributed by atoms with Crippen LogP contribution in [0.25, 0.3) is 0 Å². The third-order valence-electron chi connectivity index (χ3n) is 3.10. The van der Waals surface area contributed by atoms with Crippen molar-refractivity contribution >= 4 is 5.69 Å². The van der Waals surface area contributed by atoms with Gasteiger partial charge in [-0.25, -0.2) is 13.2 Å². The Hall–Kier alpha value is -2.01. The summed E-state index contributed by atoms with van der Waals surface area (Å²) in [6, 6.07) is 8.64. The Morgan fingerprint density at radius 2 is 1.60 bits per heavy atom. The van der Waals surface area contributed by atoms with E-state index in [1.165, 1.54) is 24.3 Å². The Morgan fingerprint density at radius 3 is 2.20 bits per heavy atom. The monoisotopic (exact) mass is 280 g/mol. The molecule has 0 radical (unpaired) electrons. The van der Waals surface area contributed by atoms with Crippen LogP contribution in [0.1, 0.15) is 11.6 Å². The second-order valence-electron chi connectivity index (χ2n) is 4.63. The molecule has 0 aliphatic rings. The van der Waals surface area contributed by atoms with E-state index < -0.39 is 17.7 Å². The quantitative estimate of drug-likeness (QED) is 0.931. The Kier molecular flexibility index (Phi) is 4.29. The maximum Gasteiger partial charge on any atom is 0.130 e. The Morgan fingerprint density at radius 1 is 1.00 bits per heavy atom. The van der Waals surface area contributed by atoms with Crippen LogP contribution in [0.15, 0.2) is 42.5 Å². The molecule has 0 spiro atoms. The van der Waals surface area contributed by atoms with Gasteiger partial charge in [-0.3, -0.25) is 0 Å². The summed E-state index contributed by atoms with van der Waals surface area (Å²) in [5.41, 5.74) is 6.95. The zero-order valence-electron chi connectivity index (χ0n) is 11.0. The maximum absolute atomic E-state index is 13.6. The Labute approximate surface area is 115 Å². The average Bonchev–Trinajstić information content (AvgIpc) is 2.39. The van der Waals surface area contributed by atoms with E-state index in [-0.39, 0.29) is 11.4 Å². The lowest BCUT2D eigenvalue weighted by atomic mass is 10.1. The van der Waals surface area contributed by atoms with Crippen molar-refractivity contribution in [1.29, 1.82) is 0 Å². The summed E-state index contributed by atoms with van der Waals surface area (Å²) in [6.45, 7) is 0.328. The molecular weight excluding hydrogens is 265 g/mol. The second kappa shape index (κ2) is 5.96. The van der Waals surface area contributed by atoms with Gasteiger partial charge >= 0.3 is 0 Å². The third-order valence-corrected chi connectivity index (χ3v) is 3.10. The first-order valence-corrected chi connectivity index (χ1v) is 6.14. The van der Waals surface area contributed by atoms with Gasteiger partial charge in [0.25, 0.3) is 0 Å². The molecule has 0 heterocycles. The standard InChI is InChI=1S/C15H15F3N2/c1-20(12-5-2-10(16)3-6-12)9-15(19)13-7-4-11(17)8-14(13)18/h2-8,15H,9,19H2,1H3. The first kappa shape index (κ1) is 14.4. The fraction of sp³-hybridized carbons (Fsp3) is 0.200. The first-order valence-electron chi connectivity index (χ1n) is 6.14. The van der Waals surface area contributed by atoms with Gasteiger partial charge < -0.3 is 10.6 Å². The Balaban J connectivity index is 2.10. The topological polar surface area (TPSA) is 29.3 Å². The predicted octanol–water partition coefficient (Wildman–Crippen LogP) is 3.24. The molecule has 2 aromatic carbocycles. The summed E-state index contributed by atoms with van der Waals surface area (Å²) < 4.78 is 39.3. The van der Waals surface area contributed by atoms with E-state index in [1.54, 1.807) is 24.1 Å². The molecule has 1 atom stereocenters. The van der Waals surface area contributed by atoms with E-state index in [0.717, 1.165) is 11.8 Å². The summed E-state index contributed by atoms with van der Waals surface area (Å²) in [5, 5.41) is 0. The van der Waals surface area contributed by atoms with Gasteiger partial charge in [0, 0.05) is 30.9 Å². The van der Waals surface area contributed by atoms with Crippen molar-refractivity contribution in [3.63, 3.8) is 0 Å². The summed E-state index contributed by atoms with van der Waals surface area (Å²) >= 11 is 0. The number of anilines is 1. The maximum atomic E-state index is 13.6. The molecule has 0 aliphatic heterocycles. The van der Waals surface area contributed by atoms with Crippen LogP contribution >= 0.6 is 0 Å². The molecule has 0 aliphatic carbocycles. The summed E-state index contributed by atoms with van der Waals surface area (Å²) in [6.07, 6.45) is 0. The molecule has 5 heteroatoms. The number of rotatable bonds is 4. The van der Waals surface area contributed by atoms with Crippen molar-refractivity contribution in [2.45, 2.75) is 6.04 Å². The zero-order valence-corrected chi connectivity index (χ0v) is 11.0. The Bertz CT molecular complexity index is 584. The van der Waals surface area contributed by atoms with E-state index in [4.69, 9.17) is 5.73 Å². The van der Waals surface area contributed by atoms with Gasteiger partial charge in [0.05, 0.1) is 6.04 Å². The van der Waals surface area contributed by atoms with Gasteiger partial charge in [-0.05, 0) is 30.3 Å². The highest BCUT2D eigenvalue weighted by Gasteiger charge is 2.14. The van der Waals surface area contributed by atoms with Crippen LogP contribution in [0, 0.1) is 17.5 Å². The molecule has 2 aromatic rings. The van der Waals surface area contributed by atoms with Crippen LogP contribution in [0.2, 0.25) is 0 Å². The van der Waals surface area contributed by atoms with Gasteiger partial charge in [0.2, 0.25) is 0 Å². The van der Waals surface area contributed by atoms with Crippen LogP contribution < -0.4 is 10.6 Å². The number of benzene rings is 2. The van der Waals surface area contributed by atoms with Gasteiger partial charge in [-0.1, -0.05) is 6.07 Å². The molecule has 0 saturated heterocycles. The van der Waals surface area contributed by atoms with E-state index in [0.29, 0.717) is 6.54 Å². The summed E-state index contributed by atoms with van der Waals surface area (Å²) in [4.78, 5) is 1.78. The van der Waals surface area contributed by atoms with Crippen molar-refractivity contribution in [3.05, 3.63) is 65.5 Å². The average molecular weight is 280 g/mol. The molecule has 2 N–H and O–H groups in total.